The van der Waals surface area contributed by atoms with Gasteiger partial charge in [-0.3, -0.25) is 0 Å². The molecule has 0 aliphatic rings. The summed E-state index contributed by atoms with van der Waals surface area (Å²) >= 11 is 0. The van der Waals surface area contributed by atoms with Crippen LogP contribution in [-0.4, -0.2) is 14.1 Å². The average Bonchev–Trinajstić information content (AvgIpc) is 3.94. The van der Waals surface area contributed by atoms with Crippen molar-refractivity contribution < 1.29 is 0 Å². The van der Waals surface area contributed by atoms with Gasteiger partial charge in [-0.05, 0) is 101 Å². The summed E-state index contributed by atoms with van der Waals surface area (Å²) in [4.78, 5) is 3.81. The first-order valence-electron chi connectivity index (χ1n) is 19.6. The van der Waals surface area contributed by atoms with Crippen molar-refractivity contribution in [1.29, 1.82) is 0 Å². The van der Waals surface area contributed by atoms with Gasteiger partial charge in [0.25, 0.3) is 0 Å². The Labute approximate surface area is 329 Å². The lowest BCUT2D eigenvalue weighted by Gasteiger charge is -2.12. The van der Waals surface area contributed by atoms with Gasteiger partial charge >= 0.3 is 0 Å². The van der Waals surface area contributed by atoms with E-state index in [9.17, 15) is 0 Å². The van der Waals surface area contributed by atoms with Crippen molar-refractivity contribution in [3.05, 3.63) is 206 Å². The Morgan fingerprint density at radius 3 is 1.47 bits per heavy atom. The second-order valence-electron chi connectivity index (χ2n) is 15.0. The molecule has 12 aromatic rings. The monoisotopic (exact) mass is 725 g/mol. The maximum atomic E-state index is 3.81. The summed E-state index contributed by atoms with van der Waals surface area (Å²) in [7, 11) is 0. The molecule has 0 amide bonds. The minimum atomic E-state index is 1.14. The molecule has 3 heteroatoms. The number of fused-ring (bicyclic) bond motifs is 9. The van der Waals surface area contributed by atoms with Crippen LogP contribution in [0.1, 0.15) is 0 Å². The van der Waals surface area contributed by atoms with Crippen molar-refractivity contribution in [2.45, 2.75) is 0 Å². The van der Waals surface area contributed by atoms with Crippen LogP contribution in [0.3, 0.4) is 0 Å². The minimum absolute atomic E-state index is 1.14. The zero-order valence-corrected chi connectivity index (χ0v) is 31.0. The van der Waals surface area contributed by atoms with Gasteiger partial charge in [-0.2, -0.15) is 0 Å². The molecule has 3 nitrogen and oxygen atoms in total. The lowest BCUT2D eigenvalue weighted by Crippen LogP contribution is -1.93. The molecule has 0 spiro atoms. The number of aromatic amines is 1. The van der Waals surface area contributed by atoms with E-state index in [1.165, 1.54) is 93.5 Å². The molecule has 3 heterocycles. The standard InChI is InChI=1S/C54H35N3/c1-3-13-40(14-4-1)56-51-22-12-9-19-44(51)47-31-37(28-30-52(47)56)35-23-25-36(26-24-35)39-32-46(54-48(33-39)42-17-7-10-20-49(42)55-54)38-27-29-45-43-18-8-11-21-50(43)57(53(45)34-38)41-15-5-2-6-16-41/h1-34,55H. The lowest BCUT2D eigenvalue weighted by atomic mass is 9.94. The number of para-hydroxylation sites is 5. The topological polar surface area (TPSA) is 25.6 Å². The molecule has 0 aliphatic carbocycles. The maximum absolute atomic E-state index is 3.81. The Kier molecular flexibility index (Phi) is 6.93. The van der Waals surface area contributed by atoms with E-state index in [1.54, 1.807) is 0 Å². The van der Waals surface area contributed by atoms with E-state index in [4.69, 9.17) is 0 Å². The average molecular weight is 726 g/mol. The molecule has 12 rings (SSSR count). The fourth-order valence-electron chi connectivity index (χ4n) is 9.20. The molecule has 0 radical (unpaired) electrons. The van der Waals surface area contributed by atoms with Crippen LogP contribution in [0.5, 0.6) is 0 Å². The van der Waals surface area contributed by atoms with Crippen molar-refractivity contribution in [2.24, 2.45) is 0 Å². The van der Waals surface area contributed by atoms with Gasteiger partial charge in [-0.15, -0.1) is 0 Å². The van der Waals surface area contributed by atoms with Gasteiger partial charge in [0.2, 0.25) is 0 Å². The van der Waals surface area contributed by atoms with Gasteiger partial charge in [-0.25, -0.2) is 0 Å². The molecule has 0 saturated heterocycles. The number of H-pyrrole nitrogens is 1. The van der Waals surface area contributed by atoms with E-state index in [0.29, 0.717) is 0 Å². The van der Waals surface area contributed by atoms with Crippen molar-refractivity contribution >= 4 is 65.4 Å². The normalized spacial score (nSPS) is 11.9. The van der Waals surface area contributed by atoms with Gasteiger partial charge in [0, 0.05) is 54.8 Å². The molecule has 3 aromatic heterocycles. The zero-order chi connectivity index (χ0) is 37.5. The highest BCUT2D eigenvalue weighted by molar-refractivity contribution is 6.15. The summed E-state index contributed by atoms with van der Waals surface area (Å²) < 4.78 is 4.77. The molecule has 0 bridgehead atoms. The molecular formula is C54H35N3. The number of hydrogen-bond donors (Lipinski definition) is 1. The van der Waals surface area contributed by atoms with Gasteiger partial charge in [0.05, 0.1) is 27.6 Å². The smallest absolute Gasteiger partial charge is 0.0547 e. The number of aromatic nitrogens is 3. The highest BCUT2D eigenvalue weighted by Crippen LogP contribution is 2.41. The molecule has 0 unspecified atom stereocenters. The van der Waals surface area contributed by atoms with Crippen LogP contribution in [0.15, 0.2) is 206 Å². The van der Waals surface area contributed by atoms with Crippen LogP contribution in [0.25, 0.3) is 110 Å². The molecule has 9 aromatic carbocycles. The fraction of sp³-hybridized carbons (Fsp3) is 0. The highest BCUT2D eigenvalue weighted by atomic mass is 15.0. The van der Waals surface area contributed by atoms with Gasteiger partial charge in [0.1, 0.15) is 0 Å². The highest BCUT2D eigenvalue weighted by Gasteiger charge is 2.18. The Bertz CT molecular complexity index is 3490. The Morgan fingerprint density at radius 2 is 0.772 bits per heavy atom. The van der Waals surface area contributed by atoms with Gasteiger partial charge in [-0.1, -0.05) is 133 Å². The van der Waals surface area contributed by atoms with Crippen LogP contribution in [0.2, 0.25) is 0 Å². The molecule has 266 valence electrons. The minimum Gasteiger partial charge on any atom is -0.354 e. The van der Waals surface area contributed by atoms with E-state index in [1.807, 2.05) is 0 Å². The number of nitrogens with one attached hydrogen (secondary N) is 1. The summed E-state index contributed by atoms with van der Waals surface area (Å²) in [5.41, 5.74) is 16.6. The third-order valence-corrected chi connectivity index (χ3v) is 11.9. The first kappa shape index (κ1) is 31.7. The Morgan fingerprint density at radius 1 is 0.281 bits per heavy atom. The van der Waals surface area contributed by atoms with Crippen LogP contribution < -0.4 is 0 Å². The van der Waals surface area contributed by atoms with E-state index in [2.05, 4.69) is 220 Å². The van der Waals surface area contributed by atoms with Crippen molar-refractivity contribution in [1.82, 2.24) is 14.1 Å². The molecule has 0 saturated carbocycles. The number of nitrogens with zero attached hydrogens (tertiary/aromatic N) is 2. The Hall–Kier alpha value is -7.62. The lowest BCUT2D eigenvalue weighted by molar-refractivity contribution is 1.18. The van der Waals surface area contributed by atoms with Crippen molar-refractivity contribution in [3.63, 3.8) is 0 Å². The zero-order valence-electron chi connectivity index (χ0n) is 31.0. The molecule has 1 N–H and O–H groups in total. The maximum Gasteiger partial charge on any atom is 0.0547 e. The van der Waals surface area contributed by atoms with Crippen molar-refractivity contribution in [3.8, 4) is 44.8 Å². The second kappa shape index (κ2) is 12.5. The van der Waals surface area contributed by atoms with E-state index in [-0.39, 0.29) is 0 Å². The van der Waals surface area contributed by atoms with E-state index < -0.39 is 0 Å². The molecule has 0 atom stereocenters. The van der Waals surface area contributed by atoms with Crippen LogP contribution in [-0.2, 0) is 0 Å². The molecule has 57 heavy (non-hydrogen) atoms. The first-order valence-corrected chi connectivity index (χ1v) is 19.6. The summed E-state index contributed by atoms with van der Waals surface area (Å²) in [6.07, 6.45) is 0. The molecule has 0 aliphatic heterocycles. The molecular weight excluding hydrogens is 691 g/mol. The number of benzene rings is 9. The second-order valence-corrected chi connectivity index (χ2v) is 15.0. The quantitative estimate of drug-likeness (QED) is 0.183. The third kappa shape index (κ3) is 4.92. The SMILES string of the molecule is c1ccc(-n2c3ccccc3c3cc(-c4ccc(-c5cc(-c6ccc7c8ccccc8n(-c8ccccc8)c7c6)c6[nH]c7ccccc7c6c5)cc4)ccc32)cc1. The van der Waals surface area contributed by atoms with E-state index >= 15 is 0 Å². The summed E-state index contributed by atoms with van der Waals surface area (Å²) in [5.74, 6) is 0. The number of hydrogen-bond acceptors (Lipinski definition) is 0. The Balaban J connectivity index is 1.00. The third-order valence-electron chi connectivity index (χ3n) is 11.9. The predicted octanol–water partition coefficient (Wildman–Crippen LogP) is 14.5. The number of rotatable bonds is 5. The van der Waals surface area contributed by atoms with Crippen LogP contribution >= 0.6 is 0 Å². The first-order chi connectivity index (χ1) is 28.3. The van der Waals surface area contributed by atoms with Crippen molar-refractivity contribution in [2.75, 3.05) is 0 Å². The van der Waals surface area contributed by atoms with Crippen LogP contribution in [0.4, 0.5) is 0 Å². The summed E-state index contributed by atoms with van der Waals surface area (Å²) in [6, 6.07) is 75.1. The van der Waals surface area contributed by atoms with Gasteiger partial charge < -0.3 is 14.1 Å². The summed E-state index contributed by atoms with van der Waals surface area (Å²) in [5, 5.41) is 7.49. The van der Waals surface area contributed by atoms with Gasteiger partial charge in [0.15, 0.2) is 0 Å². The predicted molar refractivity (Wildman–Crippen MR) is 241 cm³/mol. The molecule has 0 fully saturated rings. The fourth-order valence-corrected chi connectivity index (χ4v) is 9.20. The largest absolute Gasteiger partial charge is 0.354 e. The van der Waals surface area contributed by atoms with Crippen LogP contribution in [0, 0.1) is 0 Å². The van der Waals surface area contributed by atoms with E-state index in [0.717, 1.165) is 16.7 Å². The summed E-state index contributed by atoms with van der Waals surface area (Å²) in [6.45, 7) is 0.